The molecule has 74 valence electrons. The smallest absolute Gasteiger partial charge is 0.320 e. The van der Waals surface area contributed by atoms with Crippen LogP contribution in [0.5, 0.6) is 0 Å². The first-order valence-electron chi connectivity index (χ1n) is 4.41. The molecule has 0 aliphatic rings. The van der Waals surface area contributed by atoms with E-state index in [0.717, 1.165) is 0 Å². The van der Waals surface area contributed by atoms with Gasteiger partial charge in [-0.1, -0.05) is 6.92 Å². The molecule has 0 heterocycles. The minimum atomic E-state index is -0.279. The lowest BCUT2D eigenvalue weighted by Gasteiger charge is -2.19. The highest BCUT2D eigenvalue weighted by atomic mass is 16.5. The van der Waals surface area contributed by atoms with Crippen molar-refractivity contribution in [3.05, 3.63) is 0 Å². The van der Waals surface area contributed by atoms with Crippen LogP contribution in [-0.4, -0.2) is 37.1 Å². The maximum absolute atomic E-state index is 11.0. The van der Waals surface area contributed by atoms with Crippen LogP contribution in [0.3, 0.4) is 0 Å². The number of ether oxygens (including phenoxy) is 1. The van der Waals surface area contributed by atoms with Gasteiger partial charge in [0.05, 0.1) is 25.3 Å². The van der Waals surface area contributed by atoms with Crippen molar-refractivity contribution in [2.75, 3.05) is 20.2 Å². The summed E-state index contributed by atoms with van der Waals surface area (Å²) < 4.78 is 4.76. The van der Waals surface area contributed by atoms with Crippen molar-refractivity contribution in [2.24, 2.45) is 0 Å². The van der Waals surface area contributed by atoms with Gasteiger partial charge < -0.3 is 4.74 Å². The van der Waals surface area contributed by atoms with Crippen molar-refractivity contribution in [2.45, 2.75) is 26.3 Å². The van der Waals surface area contributed by atoms with Gasteiger partial charge >= 0.3 is 5.97 Å². The van der Waals surface area contributed by atoms with Crippen molar-refractivity contribution in [3.8, 4) is 6.07 Å². The number of hydrogen-bond acceptors (Lipinski definition) is 4. The first kappa shape index (κ1) is 11.9. The van der Waals surface area contributed by atoms with E-state index in [9.17, 15) is 4.79 Å². The predicted molar refractivity (Wildman–Crippen MR) is 49.0 cm³/mol. The number of hydrogen-bond donors (Lipinski definition) is 0. The molecule has 4 heteroatoms. The first-order valence-corrected chi connectivity index (χ1v) is 4.41. The zero-order valence-electron chi connectivity index (χ0n) is 8.41. The molecule has 0 rings (SSSR count). The topological polar surface area (TPSA) is 53.3 Å². The van der Waals surface area contributed by atoms with E-state index in [4.69, 9.17) is 10.00 Å². The van der Waals surface area contributed by atoms with Gasteiger partial charge in [-0.3, -0.25) is 9.69 Å². The third kappa shape index (κ3) is 4.48. The number of esters is 1. The molecule has 0 N–H and O–H groups in total. The zero-order chi connectivity index (χ0) is 10.3. The van der Waals surface area contributed by atoms with Crippen molar-refractivity contribution in [1.82, 2.24) is 4.90 Å². The molecule has 0 aliphatic heterocycles. The summed E-state index contributed by atoms with van der Waals surface area (Å²) in [5.74, 6) is -0.279. The second-order valence-corrected chi connectivity index (χ2v) is 2.77. The summed E-state index contributed by atoms with van der Waals surface area (Å²) in [6.07, 6.45) is 0.715. The molecule has 0 aromatic carbocycles. The lowest BCUT2D eigenvalue weighted by Crippen LogP contribution is -2.35. The van der Waals surface area contributed by atoms with Crippen LogP contribution in [0.4, 0.5) is 0 Å². The molecule has 0 aliphatic carbocycles. The number of rotatable bonds is 5. The average Bonchev–Trinajstić information content (AvgIpc) is 2.06. The van der Waals surface area contributed by atoms with E-state index in [1.165, 1.54) is 0 Å². The molecular formula is C9H16N2O2. The summed E-state index contributed by atoms with van der Waals surface area (Å²) in [7, 11) is 1.74. The van der Waals surface area contributed by atoms with Crippen LogP contribution in [0.2, 0.25) is 0 Å². The van der Waals surface area contributed by atoms with Crippen molar-refractivity contribution in [3.63, 3.8) is 0 Å². The van der Waals surface area contributed by atoms with Crippen LogP contribution < -0.4 is 0 Å². The number of nitrogens with zero attached hydrogens (tertiary/aromatic N) is 2. The normalized spacial score (nSPS) is 12.2. The van der Waals surface area contributed by atoms with E-state index < -0.39 is 0 Å². The largest absolute Gasteiger partial charge is 0.465 e. The van der Waals surface area contributed by atoms with E-state index >= 15 is 0 Å². The Morgan fingerprint density at radius 1 is 1.62 bits per heavy atom. The summed E-state index contributed by atoms with van der Waals surface area (Å²) in [6, 6.07) is 1.91. The second-order valence-electron chi connectivity index (χ2n) is 2.77. The summed E-state index contributed by atoms with van der Waals surface area (Å²) in [6.45, 7) is 4.24. The minimum absolute atomic E-state index is 0.180. The zero-order valence-corrected chi connectivity index (χ0v) is 8.41. The van der Waals surface area contributed by atoms with Crippen molar-refractivity contribution >= 4 is 5.97 Å². The fraction of sp³-hybridized carbons (Fsp3) is 0.778. The second kappa shape index (κ2) is 6.44. The Balaban J connectivity index is 3.91. The van der Waals surface area contributed by atoms with Crippen LogP contribution in [0.15, 0.2) is 0 Å². The molecule has 1 unspecified atom stereocenters. The van der Waals surface area contributed by atoms with Crippen LogP contribution in [-0.2, 0) is 9.53 Å². The molecule has 0 aromatic heterocycles. The third-order valence-corrected chi connectivity index (χ3v) is 1.75. The molecule has 1 atom stereocenters. The van der Waals surface area contributed by atoms with Crippen LogP contribution in [0.25, 0.3) is 0 Å². The van der Waals surface area contributed by atoms with E-state index in [1.54, 1.807) is 18.9 Å². The fourth-order valence-corrected chi connectivity index (χ4v) is 1.02. The monoisotopic (exact) mass is 184 g/mol. The number of likely N-dealkylation sites (N-methyl/N-ethyl adjacent to an activating group) is 1. The summed E-state index contributed by atoms with van der Waals surface area (Å²) >= 11 is 0. The Morgan fingerprint density at radius 2 is 2.23 bits per heavy atom. The molecular weight excluding hydrogens is 168 g/mol. The molecule has 4 nitrogen and oxygen atoms in total. The Kier molecular flexibility index (Phi) is 5.90. The first-order chi connectivity index (χ1) is 6.15. The lowest BCUT2D eigenvalue weighted by molar-refractivity contribution is -0.144. The van der Waals surface area contributed by atoms with E-state index in [2.05, 4.69) is 6.07 Å². The van der Waals surface area contributed by atoms with Gasteiger partial charge in [0.15, 0.2) is 0 Å². The Morgan fingerprint density at radius 3 is 2.62 bits per heavy atom. The van der Waals surface area contributed by atoms with E-state index in [1.807, 2.05) is 6.92 Å². The molecule has 0 fully saturated rings. The Labute approximate surface area is 79.1 Å². The standard InChI is InChI=1S/C9H16N2O2/c1-4-8(6-10)11(3)7-9(12)13-5-2/h8H,4-5,7H2,1-3H3. The minimum Gasteiger partial charge on any atom is -0.465 e. The number of carbonyl (C=O) groups excluding carboxylic acids is 1. The molecule has 0 radical (unpaired) electrons. The lowest BCUT2D eigenvalue weighted by atomic mass is 10.2. The molecule has 0 amide bonds. The summed E-state index contributed by atoms with van der Waals surface area (Å²) in [5.41, 5.74) is 0. The van der Waals surface area contributed by atoms with Gasteiger partial charge in [0.2, 0.25) is 0 Å². The van der Waals surface area contributed by atoms with Crippen LogP contribution in [0.1, 0.15) is 20.3 Å². The van der Waals surface area contributed by atoms with Gasteiger partial charge in [0.25, 0.3) is 0 Å². The quantitative estimate of drug-likeness (QED) is 0.592. The highest BCUT2D eigenvalue weighted by Gasteiger charge is 2.14. The molecule has 0 saturated heterocycles. The van der Waals surface area contributed by atoms with Crippen LogP contribution >= 0.6 is 0 Å². The van der Waals surface area contributed by atoms with Crippen molar-refractivity contribution < 1.29 is 9.53 Å². The fourth-order valence-electron chi connectivity index (χ4n) is 1.02. The van der Waals surface area contributed by atoms with Gasteiger partial charge in [0, 0.05) is 0 Å². The average molecular weight is 184 g/mol. The Hall–Kier alpha value is -1.08. The van der Waals surface area contributed by atoms with Gasteiger partial charge in [-0.25, -0.2) is 0 Å². The number of carbonyl (C=O) groups is 1. The molecule has 0 saturated carbocycles. The molecule has 13 heavy (non-hydrogen) atoms. The summed E-state index contributed by atoms with van der Waals surface area (Å²) in [4.78, 5) is 12.7. The Bertz CT molecular complexity index is 198. The third-order valence-electron chi connectivity index (χ3n) is 1.75. The highest BCUT2D eigenvalue weighted by Crippen LogP contribution is 1.99. The summed E-state index contributed by atoms with van der Waals surface area (Å²) in [5, 5.41) is 8.70. The predicted octanol–water partition coefficient (Wildman–Crippen LogP) is 0.783. The van der Waals surface area contributed by atoms with Gasteiger partial charge in [-0.2, -0.15) is 5.26 Å². The van der Waals surface area contributed by atoms with Gasteiger partial charge in [-0.15, -0.1) is 0 Å². The maximum atomic E-state index is 11.0. The highest BCUT2D eigenvalue weighted by molar-refractivity contribution is 5.71. The molecule has 0 bridgehead atoms. The molecule has 0 aromatic rings. The maximum Gasteiger partial charge on any atom is 0.320 e. The van der Waals surface area contributed by atoms with Crippen LogP contribution in [0, 0.1) is 11.3 Å². The SMILES string of the molecule is CCOC(=O)CN(C)C(C#N)CC. The van der Waals surface area contributed by atoms with Crippen molar-refractivity contribution in [1.29, 1.82) is 5.26 Å². The van der Waals surface area contributed by atoms with E-state index in [-0.39, 0.29) is 18.6 Å². The number of nitriles is 1. The van der Waals surface area contributed by atoms with E-state index in [0.29, 0.717) is 13.0 Å². The van der Waals surface area contributed by atoms with Gasteiger partial charge in [0.1, 0.15) is 0 Å². The molecule has 0 spiro atoms. The van der Waals surface area contributed by atoms with Gasteiger partial charge in [-0.05, 0) is 20.4 Å².